The van der Waals surface area contributed by atoms with Gasteiger partial charge in [-0.05, 0) is 18.1 Å². The molecule has 1 heterocycles. The number of nitrogens with one attached hydrogen (secondary N) is 1. The number of hydrogen-bond donors (Lipinski definition) is 1. The van der Waals surface area contributed by atoms with Crippen molar-refractivity contribution >= 4 is 49.8 Å². The van der Waals surface area contributed by atoms with Crippen LogP contribution in [-0.2, 0) is 14.8 Å². The minimum absolute atomic E-state index is 0.233. The SMILES string of the molecule is COc1ccc(N(CC(=O)Nc2nnc(SCC(C)C)s2)S(C)(=O)=O)c(OC)c1. The summed E-state index contributed by atoms with van der Waals surface area (Å²) in [4.78, 5) is 12.5. The highest BCUT2D eigenvalue weighted by atomic mass is 32.2. The number of anilines is 2. The second-order valence-electron chi connectivity index (χ2n) is 6.43. The van der Waals surface area contributed by atoms with E-state index in [2.05, 4.69) is 29.4 Å². The summed E-state index contributed by atoms with van der Waals surface area (Å²) in [7, 11) is -0.850. The van der Waals surface area contributed by atoms with E-state index in [1.165, 1.54) is 31.6 Å². The average molecular weight is 461 g/mol. The Bertz CT molecular complexity index is 946. The van der Waals surface area contributed by atoms with Crippen molar-refractivity contribution < 1.29 is 22.7 Å². The second-order valence-corrected chi connectivity index (χ2v) is 10.6. The quantitative estimate of drug-likeness (QED) is 0.426. The molecule has 0 radical (unpaired) electrons. The number of sulfonamides is 1. The molecule has 0 aliphatic heterocycles. The molecule has 29 heavy (non-hydrogen) atoms. The lowest BCUT2D eigenvalue weighted by molar-refractivity contribution is -0.114. The standard InChI is InChI=1S/C17H24N4O5S3/c1-11(2)10-27-17-20-19-16(28-17)18-15(22)9-21(29(5,23)24)13-7-6-12(25-3)8-14(13)26-4/h6-8,11H,9-10H2,1-5H3,(H,18,19,22). The van der Waals surface area contributed by atoms with Gasteiger partial charge < -0.3 is 9.47 Å². The molecule has 0 atom stereocenters. The zero-order chi connectivity index (χ0) is 21.6. The lowest BCUT2D eigenvalue weighted by Gasteiger charge is -2.23. The number of carbonyl (C=O) groups excluding carboxylic acids is 1. The normalized spacial score (nSPS) is 11.4. The topological polar surface area (TPSA) is 111 Å². The number of methoxy groups -OCH3 is 2. The number of amides is 1. The maximum Gasteiger partial charge on any atom is 0.246 e. The Morgan fingerprint density at radius 2 is 2.00 bits per heavy atom. The summed E-state index contributed by atoms with van der Waals surface area (Å²) in [5.74, 6) is 1.63. The maximum absolute atomic E-state index is 12.5. The van der Waals surface area contributed by atoms with Gasteiger partial charge in [0.15, 0.2) is 4.34 Å². The van der Waals surface area contributed by atoms with Crippen molar-refractivity contribution in [3.05, 3.63) is 18.2 Å². The van der Waals surface area contributed by atoms with Crippen LogP contribution in [0.15, 0.2) is 22.5 Å². The molecule has 160 valence electrons. The molecule has 0 spiro atoms. The van der Waals surface area contributed by atoms with Crippen molar-refractivity contribution in [3.8, 4) is 11.5 Å². The molecular weight excluding hydrogens is 436 g/mol. The molecule has 1 aromatic carbocycles. The molecule has 1 N–H and O–H groups in total. The van der Waals surface area contributed by atoms with Gasteiger partial charge in [-0.3, -0.25) is 14.4 Å². The van der Waals surface area contributed by atoms with Gasteiger partial charge in [0.25, 0.3) is 0 Å². The van der Waals surface area contributed by atoms with Crippen LogP contribution in [0.2, 0.25) is 0 Å². The zero-order valence-corrected chi connectivity index (χ0v) is 19.3. The highest BCUT2D eigenvalue weighted by Crippen LogP contribution is 2.33. The number of carbonyl (C=O) groups is 1. The maximum atomic E-state index is 12.5. The van der Waals surface area contributed by atoms with Gasteiger partial charge >= 0.3 is 0 Å². The first-order valence-corrected chi connectivity index (χ1v) is 12.2. The van der Waals surface area contributed by atoms with Crippen molar-refractivity contribution in [1.29, 1.82) is 0 Å². The Morgan fingerprint density at radius 3 is 2.59 bits per heavy atom. The van der Waals surface area contributed by atoms with Gasteiger partial charge in [-0.15, -0.1) is 10.2 Å². The summed E-state index contributed by atoms with van der Waals surface area (Å²) in [6.45, 7) is 3.77. The monoisotopic (exact) mass is 460 g/mol. The van der Waals surface area contributed by atoms with Crippen LogP contribution in [0.25, 0.3) is 0 Å². The zero-order valence-electron chi connectivity index (χ0n) is 16.8. The second kappa shape index (κ2) is 10.1. The summed E-state index contributed by atoms with van der Waals surface area (Å²) in [6, 6.07) is 4.67. The smallest absolute Gasteiger partial charge is 0.246 e. The number of rotatable bonds is 10. The van der Waals surface area contributed by atoms with Crippen LogP contribution in [0, 0.1) is 5.92 Å². The fraction of sp³-hybridized carbons (Fsp3) is 0.471. The Labute approximate surface area is 178 Å². The fourth-order valence-electron chi connectivity index (χ4n) is 2.22. The minimum Gasteiger partial charge on any atom is -0.497 e. The number of ether oxygens (including phenoxy) is 2. The number of benzene rings is 1. The number of nitrogens with zero attached hydrogens (tertiary/aromatic N) is 3. The van der Waals surface area contributed by atoms with E-state index in [4.69, 9.17) is 9.47 Å². The van der Waals surface area contributed by atoms with Gasteiger partial charge in [0, 0.05) is 11.8 Å². The average Bonchev–Trinajstić information content (AvgIpc) is 3.10. The summed E-state index contributed by atoms with van der Waals surface area (Å²) >= 11 is 2.80. The third-order valence-corrected chi connectivity index (χ3v) is 7.06. The molecular formula is C17H24N4O5S3. The van der Waals surface area contributed by atoms with E-state index in [1.807, 2.05) is 0 Å². The van der Waals surface area contributed by atoms with Gasteiger partial charge in [-0.1, -0.05) is 36.9 Å². The number of thioether (sulfide) groups is 1. The van der Waals surface area contributed by atoms with Crippen molar-refractivity contribution in [2.45, 2.75) is 18.2 Å². The predicted molar refractivity (Wildman–Crippen MR) is 116 cm³/mol. The van der Waals surface area contributed by atoms with Crippen molar-refractivity contribution in [2.24, 2.45) is 5.92 Å². The molecule has 0 fully saturated rings. The van der Waals surface area contributed by atoms with E-state index < -0.39 is 22.5 Å². The molecule has 1 aromatic heterocycles. The van der Waals surface area contributed by atoms with E-state index in [-0.39, 0.29) is 11.4 Å². The van der Waals surface area contributed by atoms with Crippen LogP contribution in [0.3, 0.4) is 0 Å². The molecule has 1 amide bonds. The minimum atomic E-state index is -3.76. The number of aromatic nitrogens is 2. The van der Waals surface area contributed by atoms with Crippen LogP contribution < -0.4 is 19.1 Å². The molecule has 0 aliphatic rings. The summed E-state index contributed by atoms with van der Waals surface area (Å²) in [5, 5.41) is 10.9. The van der Waals surface area contributed by atoms with Crippen LogP contribution in [-0.4, -0.2) is 57.3 Å². The Kier molecular flexibility index (Phi) is 8.11. The molecule has 0 saturated carbocycles. The predicted octanol–water partition coefficient (Wildman–Crippen LogP) is 2.71. The van der Waals surface area contributed by atoms with Gasteiger partial charge in [0.1, 0.15) is 18.0 Å². The van der Waals surface area contributed by atoms with Gasteiger partial charge in [-0.2, -0.15) is 0 Å². The third kappa shape index (κ3) is 6.75. The molecule has 0 aliphatic carbocycles. The van der Waals surface area contributed by atoms with Crippen molar-refractivity contribution in [1.82, 2.24) is 10.2 Å². The van der Waals surface area contributed by atoms with Crippen LogP contribution in [0.1, 0.15) is 13.8 Å². The number of hydrogen-bond acceptors (Lipinski definition) is 9. The van der Waals surface area contributed by atoms with E-state index >= 15 is 0 Å². The first-order chi connectivity index (χ1) is 13.6. The van der Waals surface area contributed by atoms with Crippen LogP contribution >= 0.6 is 23.1 Å². The van der Waals surface area contributed by atoms with Crippen molar-refractivity contribution in [2.75, 3.05) is 42.4 Å². The summed E-state index contributed by atoms with van der Waals surface area (Å²) in [6.07, 6.45) is 1.02. The Hall–Kier alpha value is -2.05. The van der Waals surface area contributed by atoms with Crippen LogP contribution in [0.4, 0.5) is 10.8 Å². The third-order valence-electron chi connectivity index (χ3n) is 3.54. The first-order valence-electron chi connectivity index (χ1n) is 8.60. The fourth-order valence-corrected chi connectivity index (χ4v) is 4.82. The Balaban J connectivity index is 2.16. The molecule has 12 heteroatoms. The van der Waals surface area contributed by atoms with Gasteiger partial charge in [0.05, 0.1) is 26.2 Å². The molecule has 2 rings (SSSR count). The highest BCUT2D eigenvalue weighted by Gasteiger charge is 2.25. The Morgan fingerprint density at radius 1 is 1.28 bits per heavy atom. The van der Waals surface area contributed by atoms with Gasteiger partial charge in [0.2, 0.25) is 21.1 Å². The molecule has 0 bridgehead atoms. The van der Waals surface area contributed by atoms with Crippen LogP contribution in [0.5, 0.6) is 11.5 Å². The van der Waals surface area contributed by atoms with E-state index in [9.17, 15) is 13.2 Å². The van der Waals surface area contributed by atoms with E-state index in [0.717, 1.165) is 20.7 Å². The lowest BCUT2D eigenvalue weighted by Crippen LogP contribution is -2.37. The first kappa shape index (κ1) is 23.2. The summed E-state index contributed by atoms with van der Waals surface area (Å²) in [5.41, 5.74) is 0.233. The molecule has 2 aromatic rings. The summed E-state index contributed by atoms with van der Waals surface area (Å²) < 4.78 is 36.8. The van der Waals surface area contributed by atoms with Crippen molar-refractivity contribution in [3.63, 3.8) is 0 Å². The lowest BCUT2D eigenvalue weighted by atomic mass is 10.2. The molecule has 0 saturated heterocycles. The van der Waals surface area contributed by atoms with Gasteiger partial charge in [-0.25, -0.2) is 8.42 Å². The highest BCUT2D eigenvalue weighted by molar-refractivity contribution is 8.01. The van der Waals surface area contributed by atoms with E-state index in [1.54, 1.807) is 23.9 Å². The largest absolute Gasteiger partial charge is 0.497 e. The molecule has 9 nitrogen and oxygen atoms in total. The molecule has 0 unspecified atom stereocenters. The van der Waals surface area contributed by atoms with E-state index in [0.29, 0.717) is 16.8 Å².